The minimum Gasteiger partial charge on any atom is -0.248 e. The Bertz CT molecular complexity index is 2940. The molecular weight excluding hydrogens is 633 g/mol. The van der Waals surface area contributed by atoms with E-state index in [1.165, 1.54) is 5.56 Å². The van der Waals surface area contributed by atoms with E-state index in [1.807, 2.05) is 36.4 Å². The zero-order valence-corrected chi connectivity index (χ0v) is 28.1. The second kappa shape index (κ2) is 12.4. The molecular formula is C48H30N4. The second-order valence-corrected chi connectivity index (χ2v) is 13.1. The molecule has 0 bridgehead atoms. The van der Waals surface area contributed by atoms with E-state index in [9.17, 15) is 0 Å². The molecule has 0 aliphatic rings. The van der Waals surface area contributed by atoms with E-state index in [4.69, 9.17) is 19.9 Å². The van der Waals surface area contributed by atoms with Crippen LogP contribution in [-0.4, -0.2) is 19.9 Å². The van der Waals surface area contributed by atoms with Crippen LogP contribution < -0.4 is 0 Å². The van der Waals surface area contributed by atoms with Crippen LogP contribution in [0.2, 0.25) is 0 Å². The van der Waals surface area contributed by atoms with E-state index in [0.717, 1.165) is 94.2 Å². The molecule has 0 radical (unpaired) electrons. The first-order chi connectivity index (χ1) is 25.7. The molecule has 0 N–H and O–H groups in total. The number of hydrogen-bond donors (Lipinski definition) is 0. The summed E-state index contributed by atoms with van der Waals surface area (Å²) in [6.45, 7) is 0. The molecule has 0 spiro atoms. The Hall–Kier alpha value is -7.04. The average Bonchev–Trinajstić information content (AvgIpc) is 3.23. The summed E-state index contributed by atoms with van der Waals surface area (Å²) in [4.78, 5) is 21.1. The van der Waals surface area contributed by atoms with Gasteiger partial charge in [-0.2, -0.15) is 0 Å². The van der Waals surface area contributed by atoms with Crippen molar-refractivity contribution in [2.75, 3.05) is 0 Å². The van der Waals surface area contributed by atoms with Crippen LogP contribution in [0.3, 0.4) is 0 Å². The molecule has 0 saturated carbocycles. The summed E-state index contributed by atoms with van der Waals surface area (Å²) in [6, 6.07) is 63.2. The van der Waals surface area contributed by atoms with Gasteiger partial charge in [-0.05, 0) is 47.5 Å². The third kappa shape index (κ3) is 5.26. The first kappa shape index (κ1) is 29.8. The van der Waals surface area contributed by atoms with Gasteiger partial charge in [-0.25, -0.2) is 19.9 Å². The van der Waals surface area contributed by atoms with E-state index in [-0.39, 0.29) is 0 Å². The molecule has 4 heterocycles. The summed E-state index contributed by atoms with van der Waals surface area (Å²) in [5, 5.41) is 4.20. The van der Waals surface area contributed by atoms with Gasteiger partial charge in [0.1, 0.15) is 0 Å². The highest BCUT2D eigenvalue weighted by atomic mass is 14.8. The molecule has 0 saturated heterocycles. The van der Waals surface area contributed by atoms with Crippen molar-refractivity contribution < 1.29 is 0 Å². The van der Waals surface area contributed by atoms with Gasteiger partial charge in [-0.1, -0.05) is 146 Å². The average molecular weight is 663 g/mol. The largest absolute Gasteiger partial charge is 0.248 e. The highest BCUT2D eigenvalue weighted by Crippen LogP contribution is 2.39. The van der Waals surface area contributed by atoms with E-state index < -0.39 is 0 Å². The lowest BCUT2D eigenvalue weighted by Crippen LogP contribution is -1.97. The van der Waals surface area contributed by atoms with E-state index in [0.29, 0.717) is 0 Å². The van der Waals surface area contributed by atoms with Gasteiger partial charge in [-0.3, -0.25) is 0 Å². The molecule has 4 nitrogen and oxygen atoms in total. The maximum Gasteiger partial charge on any atom is 0.0979 e. The maximum absolute atomic E-state index is 5.43. The molecule has 0 aliphatic carbocycles. The molecule has 0 atom stereocenters. The van der Waals surface area contributed by atoms with Crippen LogP contribution >= 0.6 is 0 Å². The molecule has 0 fully saturated rings. The van der Waals surface area contributed by atoms with Crippen LogP contribution in [0.5, 0.6) is 0 Å². The van der Waals surface area contributed by atoms with E-state index in [2.05, 4.69) is 146 Å². The number of rotatable bonds is 5. The molecule has 4 aromatic heterocycles. The van der Waals surface area contributed by atoms with Crippen LogP contribution in [0, 0.1) is 0 Å². The van der Waals surface area contributed by atoms with Gasteiger partial charge in [0.05, 0.1) is 44.8 Å². The quantitative estimate of drug-likeness (QED) is 0.172. The number of aromatic nitrogens is 4. The Morgan fingerprint density at radius 1 is 0.269 bits per heavy atom. The Morgan fingerprint density at radius 2 is 0.673 bits per heavy atom. The van der Waals surface area contributed by atoms with Gasteiger partial charge < -0.3 is 0 Å². The van der Waals surface area contributed by atoms with E-state index >= 15 is 0 Å². The topological polar surface area (TPSA) is 51.6 Å². The van der Waals surface area contributed by atoms with Gasteiger partial charge in [0.25, 0.3) is 0 Å². The fourth-order valence-electron chi connectivity index (χ4n) is 7.20. The van der Waals surface area contributed by atoms with Crippen LogP contribution in [0.4, 0.5) is 0 Å². The lowest BCUT2D eigenvalue weighted by Gasteiger charge is -2.15. The number of pyridine rings is 4. The molecule has 0 amide bonds. The highest BCUT2D eigenvalue weighted by Gasteiger charge is 2.18. The Morgan fingerprint density at radius 3 is 1.19 bits per heavy atom. The number of fused-ring (bicyclic) bond motifs is 5. The van der Waals surface area contributed by atoms with Crippen molar-refractivity contribution in [3.05, 3.63) is 182 Å². The van der Waals surface area contributed by atoms with Crippen LogP contribution in [0.25, 0.3) is 99.8 Å². The normalized spacial score (nSPS) is 11.5. The van der Waals surface area contributed by atoms with Crippen molar-refractivity contribution in [1.82, 2.24) is 19.9 Å². The van der Waals surface area contributed by atoms with E-state index in [1.54, 1.807) is 0 Å². The molecule has 242 valence electrons. The third-order valence-corrected chi connectivity index (χ3v) is 9.86. The first-order valence-corrected chi connectivity index (χ1v) is 17.5. The highest BCUT2D eigenvalue weighted by molar-refractivity contribution is 6.13. The number of nitrogens with zero attached hydrogens (tertiary/aromatic N) is 4. The van der Waals surface area contributed by atoms with Gasteiger partial charge in [0, 0.05) is 43.8 Å². The van der Waals surface area contributed by atoms with Crippen LogP contribution in [0.15, 0.2) is 182 Å². The standard InChI is InChI=1S/C48H30N4/c1-3-11-31(12-4-1)32-19-21-36(22-20-32)46-30-40(44-28-24-35-16-8-10-18-42(35)50-44)38-26-25-37-39(43-27-23-34-15-7-9-17-41(34)49-43)29-45(33-13-5-2-6-14-33)51-47(37)48(38)52-46/h1-30H. The van der Waals surface area contributed by atoms with Gasteiger partial charge in [0.15, 0.2) is 0 Å². The third-order valence-electron chi connectivity index (χ3n) is 9.86. The summed E-state index contributed by atoms with van der Waals surface area (Å²) >= 11 is 0. The van der Waals surface area contributed by atoms with Crippen LogP contribution in [0.1, 0.15) is 0 Å². The summed E-state index contributed by atoms with van der Waals surface area (Å²) in [6.07, 6.45) is 0. The molecule has 10 rings (SSSR count). The lowest BCUT2D eigenvalue weighted by atomic mass is 9.95. The molecule has 4 heteroatoms. The Balaban J connectivity index is 1.26. The lowest BCUT2D eigenvalue weighted by molar-refractivity contribution is 1.34. The summed E-state index contributed by atoms with van der Waals surface area (Å²) in [5.74, 6) is 0. The van der Waals surface area contributed by atoms with Gasteiger partial charge >= 0.3 is 0 Å². The van der Waals surface area contributed by atoms with Crippen molar-refractivity contribution in [1.29, 1.82) is 0 Å². The van der Waals surface area contributed by atoms with Crippen molar-refractivity contribution in [3.8, 4) is 56.2 Å². The van der Waals surface area contributed by atoms with Crippen molar-refractivity contribution in [2.45, 2.75) is 0 Å². The Labute approximate surface area is 300 Å². The van der Waals surface area contributed by atoms with Crippen molar-refractivity contribution in [3.63, 3.8) is 0 Å². The fourth-order valence-corrected chi connectivity index (χ4v) is 7.20. The summed E-state index contributed by atoms with van der Waals surface area (Å²) < 4.78 is 0. The molecule has 52 heavy (non-hydrogen) atoms. The fraction of sp³-hybridized carbons (Fsp3) is 0. The second-order valence-electron chi connectivity index (χ2n) is 13.1. The molecule has 6 aromatic carbocycles. The molecule has 0 unspecified atom stereocenters. The molecule has 10 aromatic rings. The predicted molar refractivity (Wildman–Crippen MR) is 215 cm³/mol. The first-order valence-electron chi connectivity index (χ1n) is 17.5. The van der Waals surface area contributed by atoms with Crippen molar-refractivity contribution >= 4 is 43.6 Å². The smallest absolute Gasteiger partial charge is 0.0979 e. The van der Waals surface area contributed by atoms with Crippen molar-refractivity contribution in [2.24, 2.45) is 0 Å². The number of benzene rings is 6. The zero-order chi connectivity index (χ0) is 34.4. The van der Waals surface area contributed by atoms with Gasteiger partial charge in [-0.15, -0.1) is 0 Å². The minimum atomic E-state index is 0.826. The monoisotopic (exact) mass is 662 g/mol. The van der Waals surface area contributed by atoms with Crippen LogP contribution in [-0.2, 0) is 0 Å². The number of para-hydroxylation sites is 2. The SMILES string of the molecule is c1ccc(-c2ccc(-c3cc(-c4ccc5ccccc5n4)c4ccc5c(-c6ccc7ccccc7n6)cc(-c6ccccc6)nc5c4n3)cc2)cc1. The number of hydrogen-bond acceptors (Lipinski definition) is 4. The Kier molecular flexibility index (Phi) is 7.10. The minimum absolute atomic E-state index is 0.826. The summed E-state index contributed by atoms with van der Waals surface area (Å²) in [7, 11) is 0. The molecule has 0 aliphatic heterocycles. The maximum atomic E-state index is 5.43. The summed E-state index contributed by atoms with van der Waals surface area (Å²) in [5.41, 5.74) is 13.5. The van der Waals surface area contributed by atoms with Gasteiger partial charge in [0.2, 0.25) is 0 Å². The predicted octanol–water partition coefficient (Wildman–Crippen LogP) is 12.2. The zero-order valence-electron chi connectivity index (χ0n) is 28.1.